The molecule has 1 atom stereocenters. The fourth-order valence-electron chi connectivity index (χ4n) is 2.32. The van der Waals surface area contributed by atoms with E-state index in [0.717, 1.165) is 12.8 Å². The highest BCUT2D eigenvalue weighted by atomic mass is 16.5. The zero-order valence-electron chi connectivity index (χ0n) is 9.83. The van der Waals surface area contributed by atoms with Gasteiger partial charge >= 0.3 is 5.97 Å². The number of esters is 1. The molecule has 1 N–H and O–H groups in total. The predicted octanol–water partition coefficient (Wildman–Crippen LogP) is 1.45. The highest BCUT2D eigenvalue weighted by molar-refractivity contribution is 6.04. The minimum Gasteiger partial charge on any atom is -0.465 e. The fraction of sp³-hybridized carbons (Fsp3) is 0.833. The Bertz CT molecular complexity index is 262. The maximum Gasteiger partial charge on any atom is 0.319 e. The summed E-state index contributed by atoms with van der Waals surface area (Å²) in [6.45, 7) is 2.05. The molecule has 0 heterocycles. The summed E-state index contributed by atoms with van der Waals surface area (Å²) in [7, 11) is 0. The average molecular weight is 228 g/mol. The van der Waals surface area contributed by atoms with Gasteiger partial charge in [-0.1, -0.05) is 6.42 Å². The number of ether oxygens (including phenoxy) is 1. The van der Waals surface area contributed by atoms with E-state index in [2.05, 4.69) is 0 Å². The van der Waals surface area contributed by atoms with Crippen molar-refractivity contribution in [3.8, 4) is 0 Å². The van der Waals surface area contributed by atoms with E-state index in [0.29, 0.717) is 32.3 Å². The van der Waals surface area contributed by atoms with Crippen molar-refractivity contribution in [1.29, 1.82) is 0 Å². The molecule has 0 radical (unpaired) electrons. The maximum absolute atomic E-state index is 12.0. The molecule has 0 amide bonds. The summed E-state index contributed by atoms with van der Waals surface area (Å²) in [5.74, 6) is -0.404. The van der Waals surface area contributed by atoms with Crippen LogP contribution in [-0.4, -0.2) is 30.1 Å². The van der Waals surface area contributed by atoms with Crippen LogP contribution in [0, 0.1) is 5.41 Å². The summed E-state index contributed by atoms with van der Waals surface area (Å²) in [6.07, 6.45) is 3.68. The van der Waals surface area contributed by atoms with E-state index in [4.69, 9.17) is 9.84 Å². The van der Waals surface area contributed by atoms with Gasteiger partial charge in [0.15, 0.2) is 0 Å². The molecule has 1 aliphatic rings. The Morgan fingerprint density at radius 3 is 2.81 bits per heavy atom. The number of aliphatic hydroxyl groups is 1. The van der Waals surface area contributed by atoms with Crippen molar-refractivity contribution in [2.75, 3.05) is 13.2 Å². The lowest BCUT2D eigenvalue weighted by Crippen LogP contribution is -2.43. The molecule has 0 bridgehead atoms. The Kier molecular flexibility index (Phi) is 4.93. The molecule has 0 aromatic heterocycles. The lowest BCUT2D eigenvalue weighted by Gasteiger charge is -2.33. The summed E-state index contributed by atoms with van der Waals surface area (Å²) in [4.78, 5) is 23.9. The summed E-state index contributed by atoms with van der Waals surface area (Å²) < 4.78 is 5.01. The molecule has 4 heteroatoms. The van der Waals surface area contributed by atoms with Gasteiger partial charge in [-0.3, -0.25) is 9.59 Å². The zero-order chi connectivity index (χ0) is 12.0. The van der Waals surface area contributed by atoms with Gasteiger partial charge in [-0.2, -0.15) is 0 Å². The Morgan fingerprint density at radius 1 is 1.50 bits per heavy atom. The molecule has 1 unspecified atom stereocenters. The molecule has 92 valence electrons. The number of carbonyl (C=O) groups excluding carboxylic acids is 2. The van der Waals surface area contributed by atoms with E-state index in [-0.39, 0.29) is 12.4 Å². The van der Waals surface area contributed by atoms with Gasteiger partial charge in [0.25, 0.3) is 0 Å². The predicted molar refractivity (Wildman–Crippen MR) is 58.9 cm³/mol. The molecule has 4 nitrogen and oxygen atoms in total. The van der Waals surface area contributed by atoms with Crippen LogP contribution in [0.3, 0.4) is 0 Å². The lowest BCUT2D eigenvalue weighted by atomic mass is 9.70. The molecule has 16 heavy (non-hydrogen) atoms. The second-order valence-corrected chi connectivity index (χ2v) is 4.26. The highest BCUT2D eigenvalue weighted by Gasteiger charge is 2.47. The van der Waals surface area contributed by atoms with Crippen molar-refractivity contribution in [1.82, 2.24) is 0 Å². The minimum absolute atomic E-state index is 0.00837. The smallest absolute Gasteiger partial charge is 0.319 e. The standard InChI is InChI=1S/C12H20O4/c1-2-16-11(15)12(8-5-9-13)7-4-3-6-10(12)14/h13H,2-9H2,1H3. The van der Waals surface area contributed by atoms with Crippen LogP contribution in [0.15, 0.2) is 0 Å². The van der Waals surface area contributed by atoms with Crippen molar-refractivity contribution in [3.05, 3.63) is 0 Å². The maximum atomic E-state index is 12.0. The van der Waals surface area contributed by atoms with Gasteiger partial charge in [0, 0.05) is 13.0 Å². The van der Waals surface area contributed by atoms with Gasteiger partial charge in [-0.25, -0.2) is 0 Å². The average Bonchev–Trinajstić information content (AvgIpc) is 2.28. The summed E-state index contributed by atoms with van der Waals surface area (Å²) >= 11 is 0. The third-order valence-corrected chi connectivity index (χ3v) is 3.22. The van der Waals surface area contributed by atoms with Gasteiger partial charge in [-0.05, 0) is 32.6 Å². The van der Waals surface area contributed by atoms with Gasteiger partial charge in [-0.15, -0.1) is 0 Å². The second kappa shape index (κ2) is 5.99. The van der Waals surface area contributed by atoms with E-state index in [1.54, 1.807) is 6.92 Å². The van der Waals surface area contributed by atoms with Crippen LogP contribution < -0.4 is 0 Å². The minimum atomic E-state index is -0.961. The normalized spacial score (nSPS) is 25.5. The van der Waals surface area contributed by atoms with Crippen molar-refractivity contribution < 1.29 is 19.4 Å². The Hall–Kier alpha value is -0.900. The van der Waals surface area contributed by atoms with Crippen molar-refractivity contribution >= 4 is 11.8 Å². The van der Waals surface area contributed by atoms with Gasteiger partial charge < -0.3 is 9.84 Å². The highest BCUT2D eigenvalue weighted by Crippen LogP contribution is 2.38. The van der Waals surface area contributed by atoms with Crippen LogP contribution in [0.1, 0.15) is 45.4 Å². The van der Waals surface area contributed by atoms with Crippen LogP contribution in [0.4, 0.5) is 0 Å². The molecule has 0 aromatic rings. The molecule has 1 rings (SSSR count). The van der Waals surface area contributed by atoms with Gasteiger partial charge in [0.1, 0.15) is 11.2 Å². The number of hydrogen-bond acceptors (Lipinski definition) is 4. The van der Waals surface area contributed by atoms with Crippen LogP contribution in [-0.2, 0) is 14.3 Å². The molecule has 1 aliphatic carbocycles. The summed E-state index contributed by atoms with van der Waals surface area (Å²) in [5, 5.41) is 8.85. The second-order valence-electron chi connectivity index (χ2n) is 4.26. The molecule has 0 aliphatic heterocycles. The van der Waals surface area contributed by atoms with E-state index in [1.165, 1.54) is 0 Å². The van der Waals surface area contributed by atoms with Crippen LogP contribution >= 0.6 is 0 Å². The van der Waals surface area contributed by atoms with Crippen molar-refractivity contribution in [2.45, 2.75) is 45.4 Å². The zero-order valence-corrected chi connectivity index (χ0v) is 9.83. The lowest BCUT2D eigenvalue weighted by molar-refractivity contribution is -0.163. The summed E-state index contributed by atoms with van der Waals surface area (Å²) in [6, 6.07) is 0. The summed E-state index contributed by atoms with van der Waals surface area (Å²) in [5.41, 5.74) is -0.961. The first-order valence-electron chi connectivity index (χ1n) is 5.99. The number of carbonyl (C=O) groups is 2. The number of aliphatic hydroxyl groups excluding tert-OH is 1. The monoisotopic (exact) mass is 228 g/mol. The molecule has 1 saturated carbocycles. The molecule has 0 saturated heterocycles. The quantitative estimate of drug-likeness (QED) is 0.571. The first-order valence-corrected chi connectivity index (χ1v) is 5.99. The fourth-order valence-corrected chi connectivity index (χ4v) is 2.32. The first kappa shape index (κ1) is 13.2. The Morgan fingerprint density at radius 2 is 2.25 bits per heavy atom. The van der Waals surface area contributed by atoms with E-state index >= 15 is 0 Å². The van der Waals surface area contributed by atoms with Crippen molar-refractivity contribution in [2.24, 2.45) is 5.41 Å². The van der Waals surface area contributed by atoms with Gasteiger partial charge in [0.05, 0.1) is 6.61 Å². The first-order chi connectivity index (χ1) is 7.67. The Labute approximate surface area is 96.0 Å². The van der Waals surface area contributed by atoms with Crippen molar-refractivity contribution in [3.63, 3.8) is 0 Å². The third-order valence-electron chi connectivity index (χ3n) is 3.22. The SMILES string of the molecule is CCOC(=O)C1(CCCO)CCCCC1=O. The largest absolute Gasteiger partial charge is 0.465 e. The number of Topliss-reactive ketones (excluding diaryl/α,β-unsaturated/α-hetero) is 1. The Balaban J connectivity index is 2.81. The van der Waals surface area contributed by atoms with Crippen LogP contribution in [0.25, 0.3) is 0 Å². The van der Waals surface area contributed by atoms with E-state index in [1.807, 2.05) is 0 Å². The van der Waals surface area contributed by atoms with Crippen LogP contribution in [0.5, 0.6) is 0 Å². The molecular formula is C12H20O4. The van der Waals surface area contributed by atoms with Gasteiger partial charge in [0.2, 0.25) is 0 Å². The third kappa shape index (κ3) is 2.61. The van der Waals surface area contributed by atoms with Crippen LogP contribution in [0.2, 0.25) is 0 Å². The topological polar surface area (TPSA) is 63.6 Å². The van der Waals surface area contributed by atoms with E-state index in [9.17, 15) is 9.59 Å². The number of rotatable bonds is 5. The number of hydrogen-bond donors (Lipinski definition) is 1. The van der Waals surface area contributed by atoms with E-state index < -0.39 is 11.4 Å². The molecule has 0 spiro atoms. The molecule has 0 aromatic carbocycles. The molecule has 1 fully saturated rings. The molecular weight excluding hydrogens is 208 g/mol. The number of ketones is 1.